The number of halogens is 4. The molecule has 0 aliphatic rings. The van der Waals surface area contributed by atoms with Gasteiger partial charge in [0.25, 0.3) is 9.84 Å². The topological polar surface area (TPSA) is 118 Å². The first kappa shape index (κ1) is 26.6. The van der Waals surface area contributed by atoms with E-state index in [1.165, 1.54) is 6.92 Å². The van der Waals surface area contributed by atoms with Crippen LogP contribution in [0.2, 0.25) is 5.02 Å². The Balaban J connectivity index is 0.000000311. The standard InChI is InChI=1S/C12H15ClO3.C8H8F3NO2S/c1-6-8(13)5-7(12(2,3)4)10(14)9(6)11(15)16;1-5-4-6(2-3-7(5)12)15(13,14)8(9,10)11/h5,14H,1-4H3,(H,15,16);2-4H,12H2,1H3. The lowest BCUT2D eigenvalue weighted by atomic mass is 9.84. The molecule has 4 N–H and O–H groups in total. The Morgan fingerprint density at radius 2 is 1.61 bits per heavy atom. The van der Waals surface area contributed by atoms with E-state index in [1.54, 1.807) is 13.0 Å². The molecule has 0 aromatic heterocycles. The molecular formula is C20H23ClF3NO5S. The number of alkyl halides is 3. The van der Waals surface area contributed by atoms with Crippen molar-refractivity contribution in [2.75, 3.05) is 5.73 Å². The molecule has 0 bridgehead atoms. The number of hydrogen-bond acceptors (Lipinski definition) is 5. The second-order valence-electron chi connectivity index (χ2n) is 7.78. The van der Waals surface area contributed by atoms with Crippen LogP contribution in [0.15, 0.2) is 29.2 Å². The number of nitrogen functional groups attached to an aromatic ring is 1. The lowest BCUT2D eigenvalue weighted by Gasteiger charge is -2.22. The Labute approximate surface area is 183 Å². The smallest absolute Gasteiger partial charge is 0.501 e. The van der Waals surface area contributed by atoms with Gasteiger partial charge in [-0.1, -0.05) is 32.4 Å². The van der Waals surface area contributed by atoms with E-state index in [1.807, 2.05) is 20.8 Å². The predicted molar refractivity (Wildman–Crippen MR) is 112 cm³/mol. The molecule has 0 atom stereocenters. The first-order chi connectivity index (χ1) is 13.8. The van der Waals surface area contributed by atoms with Crippen molar-refractivity contribution in [3.63, 3.8) is 0 Å². The summed E-state index contributed by atoms with van der Waals surface area (Å²) in [4.78, 5) is 10.3. The number of rotatable bonds is 2. The molecule has 0 aliphatic carbocycles. The number of aromatic hydroxyl groups is 1. The first-order valence-electron chi connectivity index (χ1n) is 8.75. The van der Waals surface area contributed by atoms with E-state index in [0.717, 1.165) is 18.2 Å². The van der Waals surface area contributed by atoms with Crippen molar-refractivity contribution in [2.45, 2.75) is 50.4 Å². The van der Waals surface area contributed by atoms with Gasteiger partial charge >= 0.3 is 11.5 Å². The highest BCUT2D eigenvalue weighted by Crippen LogP contribution is 2.38. The summed E-state index contributed by atoms with van der Waals surface area (Å²) in [7, 11) is -5.27. The van der Waals surface area contributed by atoms with Crippen LogP contribution in [-0.4, -0.2) is 30.1 Å². The summed E-state index contributed by atoms with van der Waals surface area (Å²) in [6.45, 7) is 8.68. The van der Waals surface area contributed by atoms with E-state index in [9.17, 15) is 31.5 Å². The highest BCUT2D eigenvalue weighted by molar-refractivity contribution is 7.92. The lowest BCUT2D eigenvalue weighted by molar-refractivity contribution is -0.0436. The van der Waals surface area contributed by atoms with E-state index in [0.29, 0.717) is 21.7 Å². The van der Waals surface area contributed by atoms with E-state index in [4.69, 9.17) is 22.4 Å². The summed E-state index contributed by atoms with van der Waals surface area (Å²) < 4.78 is 58.3. The third-order valence-electron chi connectivity index (χ3n) is 4.37. The molecule has 0 fully saturated rings. The second kappa shape index (κ2) is 8.96. The van der Waals surface area contributed by atoms with Gasteiger partial charge in [-0.3, -0.25) is 0 Å². The van der Waals surface area contributed by atoms with E-state index >= 15 is 0 Å². The fraction of sp³-hybridized carbons (Fsp3) is 0.350. The molecule has 172 valence electrons. The number of nitrogens with two attached hydrogens (primary N) is 1. The highest BCUT2D eigenvalue weighted by Gasteiger charge is 2.46. The molecule has 0 aliphatic heterocycles. The number of phenols is 1. The van der Waals surface area contributed by atoms with Crippen LogP contribution in [0.3, 0.4) is 0 Å². The number of hydrogen-bond donors (Lipinski definition) is 3. The van der Waals surface area contributed by atoms with Gasteiger partial charge in [0, 0.05) is 16.3 Å². The summed E-state index contributed by atoms with van der Waals surface area (Å²) in [6.07, 6.45) is 0. The van der Waals surface area contributed by atoms with Gasteiger partial charge in [0.1, 0.15) is 11.3 Å². The van der Waals surface area contributed by atoms with Crippen LogP contribution in [0, 0.1) is 13.8 Å². The minimum Gasteiger partial charge on any atom is -0.507 e. The van der Waals surface area contributed by atoms with Gasteiger partial charge in [-0.2, -0.15) is 13.2 Å². The fourth-order valence-corrected chi connectivity index (χ4v) is 3.57. The van der Waals surface area contributed by atoms with Gasteiger partial charge in [0.15, 0.2) is 0 Å². The van der Waals surface area contributed by atoms with Crippen molar-refractivity contribution in [2.24, 2.45) is 0 Å². The van der Waals surface area contributed by atoms with Gasteiger partial charge < -0.3 is 15.9 Å². The van der Waals surface area contributed by atoms with Crippen molar-refractivity contribution in [1.29, 1.82) is 0 Å². The second-order valence-corrected chi connectivity index (χ2v) is 10.1. The summed E-state index contributed by atoms with van der Waals surface area (Å²) in [5.41, 5.74) is 1.08. The van der Waals surface area contributed by atoms with Crippen molar-refractivity contribution < 1.29 is 36.6 Å². The Kier molecular flexibility index (Phi) is 7.68. The molecule has 0 amide bonds. The summed E-state index contributed by atoms with van der Waals surface area (Å²) in [5, 5.41) is 19.4. The Morgan fingerprint density at radius 1 is 1.10 bits per heavy atom. The van der Waals surface area contributed by atoms with Crippen molar-refractivity contribution >= 4 is 33.1 Å². The van der Waals surface area contributed by atoms with Crippen molar-refractivity contribution in [3.8, 4) is 5.75 Å². The number of anilines is 1. The minimum absolute atomic E-state index is 0.113. The van der Waals surface area contributed by atoms with Crippen LogP contribution in [0.25, 0.3) is 0 Å². The van der Waals surface area contributed by atoms with Gasteiger partial charge in [0.2, 0.25) is 0 Å². The average Bonchev–Trinajstić information content (AvgIpc) is 2.58. The molecule has 0 radical (unpaired) electrons. The summed E-state index contributed by atoms with van der Waals surface area (Å²) >= 11 is 5.97. The average molecular weight is 482 g/mol. The monoisotopic (exact) mass is 481 g/mol. The van der Waals surface area contributed by atoms with Crippen molar-refractivity contribution in [1.82, 2.24) is 0 Å². The Hall–Kier alpha value is -2.46. The number of carboxylic acid groups (broad SMARTS) is 1. The zero-order chi connectivity index (χ0) is 24.5. The molecule has 2 aromatic carbocycles. The zero-order valence-electron chi connectivity index (χ0n) is 17.4. The first-order valence-corrected chi connectivity index (χ1v) is 10.6. The molecule has 11 heteroatoms. The predicted octanol–water partition coefficient (Wildman–Crippen LogP) is 5.22. The van der Waals surface area contributed by atoms with Gasteiger partial charge in [-0.05, 0) is 54.7 Å². The zero-order valence-corrected chi connectivity index (χ0v) is 19.0. The summed E-state index contributed by atoms with van der Waals surface area (Å²) in [5.74, 6) is -1.36. The highest BCUT2D eigenvalue weighted by atomic mass is 35.5. The maximum absolute atomic E-state index is 12.1. The number of benzene rings is 2. The third-order valence-corrected chi connectivity index (χ3v) is 6.25. The van der Waals surface area contributed by atoms with Crippen LogP contribution >= 0.6 is 11.6 Å². The molecule has 6 nitrogen and oxygen atoms in total. The normalized spacial score (nSPS) is 12.2. The Bertz CT molecular complexity index is 1110. The molecule has 0 saturated heterocycles. The molecule has 2 aromatic rings. The van der Waals surface area contributed by atoms with Crippen LogP contribution in [-0.2, 0) is 15.3 Å². The molecule has 0 saturated carbocycles. The van der Waals surface area contributed by atoms with Gasteiger partial charge in [0.05, 0.1) is 4.90 Å². The van der Waals surface area contributed by atoms with Crippen LogP contribution in [0.4, 0.5) is 18.9 Å². The van der Waals surface area contributed by atoms with E-state index in [-0.39, 0.29) is 22.4 Å². The van der Waals surface area contributed by atoms with Gasteiger partial charge in [-0.25, -0.2) is 13.2 Å². The summed E-state index contributed by atoms with van der Waals surface area (Å²) in [6, 6.07) is 4.50. The molecule has 0 spiro atoms. The Morgan fingerprint density at radius 3 is 2.00 bits per heavy atom. The molecular weight excluding hydrogens is 459 g/mol. The van der Waals surface area contributed by atoms with E-state index < -0.39 is 26.2 Å². The largest absolute Gasteiger partial charge is 0.507 e. The fourth-order valence-electron chi connectivity index (χ4n) is 2.52. The van der Waals surface area contributed by atoms with Crippen molar-refractivity contribution in [3.05, 3.63) is 51.5 Å². The maximum Gasteiger partial charge on any atom is 0.501 e. The molecule has 0 unspecified atom stereocenters. The van der Waals surface area contributed by atoms with Crippen LogP contribution in [0.1, 0.15) is 47.8 Å². The third kappa shape index (κ3) is 5.82. The maximum atomic E-state index is 12.1. The lowest BCUT2D eigenvalue weighted by Crippen LogP contribution is -2.23. The van der Waals surface area contributed by atoms with E-state index in [2.05, 4.69) is 0 Å². The molecule has 0 heterocycles. The number of carboxylic acids is 1. The number of aryl methyl sites for hydroxylation is 1. The number of aromatic carboxylic acids is 1. The minimum atomic E-state index is -5.28. The van der Waals surface area contributed by atoms with Crippen LogP contribution in [0.5, 0.6) is 5.75 Å². The molecule has 31 heavy (non-hydrogen) atoms. The SMILES string of the molecule is Cc1c(Cl)cc(C(C)(C)C)c(O)c1C(=O)O.Cc1cc(S(=O)(=O)C(F)(F)F)ccc1N. The number of sulfone groups is 1. The number of carbonyl (C=O) groups is 1. The van der Waals surface area contributed by atoms with Gasteiger partial charge in [-0.15, -0.1) is 0 Å². The quantitative estimate of drug-likeness (QED) is 0.506. The van der Waals surface area contributed by atoms with Crippen LogP contribution < -0.4 is 5.73 Å². The molecule has 2 rings (SSSR count).